The molecule has 1 heterocycles. The highest BCUT2D eigenvalue weighted by Crippen LogP contribution is 2.29. The quantitative estimate of drug-likeness (QED) is 0.871. The predicted molar refractivity (Wildman–Crippen MR) is 83.9 cm³/mol. The topological polar surface area (TPSA) is 49.4 Å². The molecule has 1 N–H and O–H groups in total. The molecule has 5 heteroatoms. The van der Waals surface area contributed by atoms with E-state index in [-0.39, 0.29) is 29.8 Å². The summed E-state index contributed by atoms with van der Waals surface area (Å²) < 4.78 is 0. The summed E-state index contributed by atoms with van der Waals surface area (Å²) in [5.74, 6) is 0.322. The van der Waals surface area contributed by atoms with E-state index in [4.69, 9.17) is 11.6 Å². The fraction of sp³-hybridized carbons (Fsp3) is 0.750. The Morgan fingerprint density at radius 2 is 2.00 bits per heavy atom. The molecule has 2 unspecified atom stereocenters. The van der Waals surface area contributed by atoms with Crippen LogP contribution in [-0.2, 0) is 9.59 Å². The molecule has 0 aromatic rings. The molecule has 0 bridgehead atoms. The van der Waals surface area contributed by atoms with Crippen LogP contribution < -0.4 is 5.32 Å². The van der Waals surface area contributed by atoms with Crippen LogP contribution in [0.1, 0.15) is 52.4 Å². The van der Waals surface area contributed by atoms with Crippen molar-refractivity contribution in [2.45, 2.75) is 64.5 Å². The van der Waals surface area contributed by atoms with Gasteiger partial charge in [-0.2, -0.15) is 0 Å². The minimum atomic E-state index is -0.356. The SMILES string of the molecule is CC(=CCl)CN1C(=O)C(C2CCCCC2)NC(=O)CC1C. The van der Waals surface area contributed by atoms with Crippen molar-refractivity contribution in [1.82, 2.24) is 10.2 Å². The van der Waals surface area contributed by atoms with Gasteiger partial charge in [0, 0.05) is 24.5 Å². The second-order valence-electron chi connectivity index (χ2n) is 6.42. The third-order valence-corrected chi connectivity index (χ3v) is 4.98. The van der Waals surface area contributed by atoms with Crippen LogP contribution >= 0.6 is 11.6 Å². The molecule has 0 radical (unpaired) electrons. The maximum atomic E-state index is 12.9. The Hall–Kier alpha value is -1.03. The Labute approximate surface area is 131 Å². The van der Waals surface area contributed by atoms with Crippen molar-refractivity contribution in [3.63, 3.8) is 0 Å². The predicted octanol–water partition coefficient (Wildman–Crippen LogP) is 2.81. The van der Waals surface area contributed by atoms with E-state index in [2.05, 4.69) is 5.32 Å². The lowest BCUT2D eigenvalue weighted by Gasteiger charge is -2.33. The Bertz CT molecular complexity index is 430. The lowest BCUT2D eigenvalue weighted by Crippen LogP contribution is -2.50. The normalized spacial score (nSPS) is 29.3. The van der Waals surface area contributed by atoms with Crippen LogP contribution in [0, 0.1) is 5.92 Å². The molecule has 1 aliphatic carbocycles. The van der Waals surface area contributed by atoms with Crippen LogP contribution in [0.15, 0.2) is 11.1 Å². The van der Waals surface area contributed by atoms with Gasteiger partial charge in [-0.25, -0.2) is 0 Å². The highest BCUT2D eigenvalue weighted by Gasteiger charge is 2.38. The van der Waals surface area contributed by atoms with Gasteiger partial charge in [0.25, 0.3) is 0 Å². The molecule has 2 aliphatic rings. The van der Waals surface area contributed by atoms with Gasteiger partial charge in [0.15, 0.2) is 0 Å². The van der Waals surface area contributed by atoms with Crippen LogP contribution in [0.5, 0.6) is 0 Å². The molecule has 2 atom stereocenters. The number of nitrogens with zero attached hydrogens (tertiary/aromatic N) is 1. The molecule has 21 heavy (non-hydrogen) atoms. The summed E-state index contributed by atoms with van der Waals surface area (Å²) in [6, 6.07) is -0.441. The Balaban J connectivity index is 2.19. The summed E-state index contributed by atoms with van der Waals surface area (Å²) in [4.78, 5) is 26.8. The number of carbonyl (C=O) groups excluding carboxylic acids is 2. The molecule has 4 nitrogen and oxygen atoms in total. The number of halogens is 1. The summed E-state index contributed by atoms with van der Waals surface area (Å²) in [5.41, 5.74) is 2.45. The number of rotatable bonds is 3. The second-order valence-corrected chi connectivity index (χ2v) is 6.64. The fourth-order valence-corrected chi connectivity index (χ4v) is 3.46. The maximum absolute atomic E-state index is 12.9. The van der Waals surface area contributed by atoms with Crippen LogP contribution in [0.3, 0.4) is 0 Å². The van der Waals surface area contributed by atoms with E-state index in [1.54, 1.807) is 0 Å². The van der Waals surface area contributed by atoms with E-state index in [1.807, 2.05) is 18.7 Å². The molecular weight excluding hydrogens is 288 g/mol. The Morgan fingerprint density at radius 3 is 2.62 bits per heavy atom. The first kappa shape index (κ1) is 16.3. The fourth-order valence-electron chi connectivity index (χ4n) is 3.39. The Morgan fingerprint density at radius 1 is 1.33 bits per heavy atom. The molecule has 1 saturated carbocycles. The zero-order valence-electron chi connectivity index (χ0n) is 12.9. The molecule has 2 amide bonds. The van der Waals surface area contributed by atoms with Crippen molar-refractivity contribution < 1.29 is 9.59 Å². The number of carbonyl (C=O) groups is 2. The minimum absolute atomic E-state index is 0.0126. The van der Waals surface area contributed by atoms with Crippen molar-refractivity contribution in [1.29, 1.82) is 0 Å². The van der Waals surface area contributed by atoms with Gasteiger partial charge >= 0.3 is 0 Å². The lowest BCUT2D eigenvalue weighted by atomic mass is 9.83. The smallest absolute Gasteiger partial charge is 0.245 e. The monoisotopic (exact) mass is 312 g/mol. The van der Waals surface area contributed by atoms with Crippen LogP contribution in [-0.4, -0.2) is 35.3 Å². The van der Waals surface area contributed by atoms with Gasteiger partial charge in [-0.05, 0) is 38.2 Å². The zero-order chi connectivity index (χ0) is 15.4. The van der Waals surface area contributed by atoms with E-state index in [0.717, 1.165) is 31.3 Å². The van der Waals surface area contributed by atoms with Gasteiger partial charge in [0.1, 0.15) is 6.04 Å². The van der Waals surface area contributed by atoms with Crippen molar-refractivity contribution in [2.75, 3.05) is 6.54 Å². The number of amides is 2. The third kappa shape index (κ3) is 4.00. The van der Waals surface area contributed by atoms with Gasteiger partial charge in [-0.1, -0.05) is 30.9 Å². The van der Waals surface area contributed by atoms with Crippen molar-refractivity contribution >= 4 is 23.4 Å². The third-order valence-electron chi connectivity index (χ3n) is 4.61. The summed E-state index contributed by atoms with van der Waals surface area (Å²) in [6.07, 6.45) is 5.97. The van der Waals surface area contributed by atoms with Gasteiger partial charge in [-0.15, -0.1) is 0 Å². The van der Waals surface area contributed by atoms with Crippen molar-refractivity contribution in [3.05, 3.63) is 11.1 Å². The van der Waals surface area contributed by atoms with E-state index in [0.29, 0.717) is 13.0 Å². The first-order valence-corrected chi connectivity index (χ1v) is 8.32. The molecule has 2 fully saturated rings. The maximum Gasteiger partial charge on any atom is 0.245 e. The molecule has 0 aromatic carbocycles. The number of hydrogen-bond acceptors (Lipinski definition) is 2. The molecule has 1 aliphatic heterocycles. The van der Waals surface area contributed by atoms with E-state index in [1.165, 1.54) is 12.0 Å². The van der Waals surface area contributed by atoms with E-state index < -0.39 is 0 Å². The zero-order valence-corrected chi connectivity index (χ0v) is 13.7. The first-order chi connectivity index (χ1) is 10.0. The first-order valence-electron chi connectivity index (χ1n) is 7.88. The van der Waals surface area contributed by atoms with Crippen LogP contribution in [0.25, 0.3) is 0 Å². The van der Waals surface area contributed by atoms with Crippen molar-refractivity contribution in [3.8, 4) is 0 Å². The molecule has 0 aromatic heterocycles. The average Bonchev–Trinajstić information content (AvgIpc) is 2.59. The van der Waals surface area contributed by atoms with Gasteiger partial charge in [0.05, 0.1) is 0 Å². The van der Waals surface area contributed by atoms with Crippen LogP contribution in [0.4, 0.5) is 0 Å². The molecule has 2 rings (SSSR count). The van der Waals surface area contributed by atoms with E-state index in [9.17, 15) is 9.59 Å². The number of nitrogens with one attached hydrogen (secondary N) is 1. The number of hydrogen-bond donors (Lipinski definition) is 1. The largest absolute Gasteiger partial charge is 0.344 e. The molecule has 118 valence electrons. The Kier molecular flexibility index (Phi) is 5.68. The highest BCUT2D eigenvalue weighted by atomic mass is 35.5. The average molecular weight is 313 g/mol. The van der Waals surface area contributed by atoms with Crippen molar-refractivity contribution in [2.24, 2.45) is 5.92 Å². The summed E-state index contributed by atoms with van der Waals surface area (Å²) in [7, 11) is 0. The highest BCUT2D eigenvalue weighted by molar-refractivity contribution is 6.25. The molecule has 1 saturated heterocycles. The van der Waals surface area contributed by atoms with Crippen LogP contribution in [0.2, 0.25) is 0 Å². The molecule has 0 spiro atoms. The standard InChI is InChI=1S/C16H25ClN2O2/c1-11(9-17)10-19-12(2)8-14(20)18-15(16(19)21)13-6-4-3-5-7-13/h9,12-13,15H,3-8,10H2,1-2H3,(H,18,20). The summed E-state index contributed by atoms with van der Waals surface area (Å²) in [5, 5.41) is 2.97. The lowest BCUT2D eigenvalue weighted by molar-refractivity contribution is -0.136. The summed E-state index contributed by atoms with van der Waals surface area (Å²) in [6.45, 7) is 4.34. The van der Waals surface area contributed by atoms with E-state index >= 15 is 0 Å². The minimum Gasteiger partial charge on any atom is -0.344 e. The second kappa shape index (κ2) is 7.30. The van der Waals surface area contributed by atoms with Gasteiger partial charge in [0.2, 0.25) is 11.8 Å². The molecular formula is C16H25ClN2O2. The van der Waals surface area contributed by atoms with Gasteiger partial charge < -0.3 is 10.2 Å². The van der Waals surface area contributed by atoms with Gasteiger partial charge in [-0.3, -0.25) is 9.59 Å². The summed E-state index contributed by atoms with van der Waals surface area (Å²) >= 11 is 5.74.